The Kier molecular flexibility index (Phi) is 3.85. The third-order valence-corrected chi connectivity index (χ3v) is 3.19. The fourth-order valence-electron chi connectivity index (χ4n) is 1.90. The first-order chi connectivity index (χ1) is 9.29. The van der Waals surface area contributed by atoms with Crippen molar-refractivity contribution in [1.29, 1.82) is 0 Å². The van der Waals surface area contributed by atoms with Gasteiger partial charge >= 0.3 is 6.18 Å². The minimum Gasteiger partial charge on any atom is -0.391 e. The van der Waals surface area contributed by atoms with Gasteiger partial charge in [-0.2, -0.15) is 13.2 Å². The molecule has 20 heavy (non-hydrogen) atoms. The molecule has 8 heteroatoms. The summed E-state index contributed by atoms with van der Waals surface area (Å²) in [6.45, 7) is -0.00838. The lowest BCUT2D eigenvalue weighted by atomic mass is 10.1. The second kappa shape index (κ2) is 5.28. The molecular formula is C12H13F3N2O3. The number of hydrogen-bond acceptors (Lipinski definition) is 4. The predicted octanol–water partition coefficient (Wildman–Crippen LogP) is 2.80. The van der Waals surface area contributed by atoms with E-state index >= 15 is 0 Å². The molecule has 1 fully saturated rings. The lowest BCUT2D eigenvalue weighted by molar-refractivity contribution is -0.385. The van der Waals surface area contributed by atoms with Crippen LogP contribution < -0.4 is 5.32 Å². The van der Waals surface area contributed by atoms with Crippen LogP contribution in [-0.4, -0.2) is 22.7 Å². The van der Waals surface area contributed by atoms with Crippen LogP contribution in [-0.2, 0) is 6.18 Å². The molecule has 0 bridgehead atoms. The van der Waals surface area contributed by atoms with E-state index in [2.05, 4.69) is 5.32 Å². The Labute approximate surface area is 112 Å². The van der Waals surface area contributed by atoms with Crippen LogP contribution in [0.2, 0.25) is 0 Å². The Morgan fingerprint density at radius 1 is 1.45 bits per heavy atom. The van der Waals surface area contributed by atoms with Gasteiger partial charge < -0.3 is 10.4 Å². The Bertz CT molecular complexity index is 515. The van der Waals surface area contributed by atoms with Crippen molar-refractivity contribution in [2.75, 3.05) is 11.9 Å². The molecule has 1 aromatic rings. The van der Waals surface area contributed by atoms with Crippen LogP contribution in [0.25, 0.3) is 0 Å². The van der Waals surface area contributed by atoms with Crippen LogP contribution in [0.3, 0.4) is 0 Å². The molecule has 1 aromatic carbocycles. The van der Waals surface area contributed by atoms with Gasteiger partial charge in [-0.25, -0.2) is 0 Å². The van der Waals surface area contributed by atoms with Crippen LogP contribution in [0.15, 0.2) is 18.2 Å². The standard InChI is InChI=1S/C12H13F3N2O3/c13-12(14,15)9-5-8(17(19)20)3-4-10(9)16-6-11(18)7-1-2-7/h3-5,7,11,16,18H,1-2,6H2. The van der Waals surface area contributed by atoms with E-state index in [0.29, 0.717) is 6.07 Å². The summed E-state index contributed by atoms with van der Waals surface area (Å²) in [7, 11) is 0. The molecule has 1 unspecified atom stereocenters. The highest BCUT2D eigenvalue weighted by Crippen LogP contribution is 2.38. The second-order valence-electron chi connectivity index (χ2n) is 4.77. The normalized spacial score (nSPS) is 16.8. The van der Waals surface area contributed by atoms with Gasteiger partial charge in [-0.1, -0.05) is 0 Å². The highest BCUT2D eigenvalue weighted by Gasteiger charge is 2.36. The first-order valence-electron chi connectivity index (χ1n) is 6.06. The molecule has 110 valence electrons. The molecule has 2 rings (SSSR count). The van der Waals surface area contributed by atoms with Gasteiger partial charge in [-0.05, 0) is 24.8 Å². The summed E-state index contributed by atoms with van der Waals surface area (Å²) < 4.78 is 38.6. The van der Waals surface area contributed by atoms with Crippen molar-refractivity contribution >= 4 is 11.4 Å². The van der Waals surface area contributed by atoms with Crippen molar-refractivity contribution in [1.82, 2.24) is 0 Å². The van der Waals surface area contributed by atoms with Crippen molar-refractivity contribution in [3.8, 4) is 0 Å². The minimum atomic E-state index is -4.70. The summed E-state index contributed by atoms with van der Waals surface area (Å²) in [6, 6.07) is 2.51. The number of nitro groups is 1. The fraction of sp³-hybridized carbons (Fsp3) is 0.500. The topological polar surface area (TPSA) is 75.4 Å². The van der Waals surface area contributed by atoms with Gasteiger partial charge in [0, 0.05) is 24.4 Å². The van der Waals surface area contributed by atoms with E-state index in [-0.39, 0.29) is 18.2 Å². The van der Waals surface area contributed by atoms with Crippen LogP contribution in [0.1, 0.15) is 18.4 Å². The fourth-order valence-corrected chi connectivity index (χ4v) is 1.90. The largest absolute Gasteiger partial charge is 0.418 e. The first kappa shape index (κ1) is 14.6. The number of rotatable bonds is 5. The molecule has 0 heterocycles. The SMILES string of the molecule is O=[N+]([O-])c1ccc(NCC(O)C2CC2)c(C(F)(F)F)c1. The number of hydrogen-bond donors (Lipinski definition) is 2. The molecule has 1 saturated carbocycles. The van der Waals surface area contributed by atoms with Crippen molar-refractivity contribution < 1.29 is 23.2 Å². The first-order valence-corrected chi connectivity index (χ1v) is 6.06. The highest BCUT2D eigenvalue weighted by molar-refractivity contribution is 5.57. The number of non-ortho nitro benzene ring substituents is 1. The average Bonchev–Trinajstić information content (AvgIpc) is 3.18. The van der Waals surface area contributed by atoms with Crippen molar-refractivity contribution in [3.05, 3.63) is 33.9 Å². The van der Waals surface area contributed by atoms with E-state index in [0.717, 1.165) is 25.0 Å². The quantitative estimate of drug-likeness (QED) is 0.646. The molecule has 1 aliphatic rings. The van der Waals surface area contributed by atoms with E-state index in [1.807, 2.05) is 0 Å². The molecule has 2 N–H and O–H groups in total. The number of nitrogens with one attached hydrogen (secondary N) is 1. The third kappa shape index (κ3) is 3.38. The maximum Gasteiger partial charge on any atom is 0.418 e. The molecule has 0 saturated heterocycles. The van der Waals surface area contributed by atoms with Crippen LogP contribution in [0.4, 0.5) is 24.5 Å². The van der Waals surface area contributed by atoms with Crippen molar-refractivity contribution in [3.63, 3.8) is 0 Å². The maximum absolute atomic E-state index is 12.9. The summed E-state index contributed by atoms with van der Waals surface area (Å²) in [5.74, 6) is 0.134. The van der Waals surface area contributed by atoms with E-state index in [1.54, 1.807) is 0 Å². The number of anilines is 1. The molecule has 1 aliphatic carbocycles. The Hall–Kier alpha value is -1.83. The van der Waals surface area contributed by atoms with Gasteiger partial charge in [0.25, 0.3) is 5.69 Å². The summed E-state index contributed by atoms with van der Waals surface area (Å²) in [5, 5.41) is 22.7. The maximum atomic E-state index is 12.9. The zero-order valence-electron chi connectivity index (χ0n) is 10.4. The number of benzene rings is 1. The monoisotopic (exact) mass is 290 g/mol. The average molecular weight is 290 g/mol. The Balaban J connectivity index is 2.19. The molecule has 1 atom stereocenters. The number of nitrogens with zero attached hydrogens (tertiary/aromatic N) is 1. The zero-order valence-corrected chi connectivity index (χ0v) is 10.4. The lowest BCUT2D eigenvalue weighted by Gasteiger charge is -2.16. The van der Waals surface area contributed by atoms with Crippen molar-refractivity contribution in [2.45, 2.75) is 25.1 Å². The molecule has 0 aliphatic heterocycles. The summed E-state index contributed by atoms with van der Waals surface area (Å²) in [6.07, 6.45) is -3.66. The van der Waals surface area contributed by atoms with Crippen LogP contribution >= 0.6 is 0 Å². The summed E-state index contributed by atoms with van der Waals surface area (Å²) >= 11 is 0. The minimum absolute atomic E-state index is 0.00838. The van der Waals surface area contributed by atoms with Gasteiger partial charge in [-0.3, -0.25) is 10.1 Å². The van der Waals surface area contributed by atoms with Crippen LogP contribution in [0.5, 0.6) is 0 Å². The Morgan fingerprint density at radius 2 is 2.10 bits per heavy atom. The molecule has 0 radical (unpaired) electrons. The molecular weight excluding hydrogens is 277 g/mol. The predicted molar refractivity (Wildman–Crippen MR) is 65.3 cm³/mol. The van der Waals surface area contributed by atoms with Crippen LogP contribution in [0, 0.1) is 16.0 Å². The highest BCUT2D eigenvalue weighted by atomic mass is 19.4. The zero-order chi connectivity index (χ0) is 14.9. The third-order valence-electron chi connectivity index (χ3n) is 3.19. The number of alkyl halides is 3. The van der Waals surface area contributed by atoms with Gasteiger partial charge in [-0.15, -0.1) is 0 Å². The number of nitro benzene ring substituents is 1. The second-order valence-corrected chi connectivity index (χ2v) is 4.77. The summed E-state index contributed by atoms with van der Waals surface area (Å²) in [4.78, 5) is 9.66. The van der Waals surface area contributed by atoms with Gasteiger partial charge in [0.2, 0.25) is 0 Å². The van der Waals surface area contributed by atoms with Gasteiger partial charge in [0.1, 0.15) is 0 Å². The molecule has 5 nitrogen and oxygen atoms in total. The number of aliphatic hydroxyl groups is 1. The van der Waals surface area contributed by atoms with E-state index in [1.165, 1.54) is 0 Å². The Morgan fingerprint density at radius 3 is 2.60 bits per heavy atom. The van der Waals surface area contributed by atoms with E-state index in [9.17, 15) is 28.4 Å². The van der Waals surface area contributed by atoms with Gasteiger partial charge in [0.05, 0.1) is 16.6 Å². The lowest BCUT2D eigenvalue weighted by Crippen LogP contribution is -2.23. The number of halogens is 3. The van der Waals surface area contributed by atoms with Crippen molar-refractivity contribution in [2.24, 2.45) is 5.92 Å². The molecule has 0 amide bonds. The van der Waals surface area contributed by atoms with Gasteiger partial charge in [0.15, 0.2) is 0 Å². The summed E-state index contributed by atoms with van der Waals surface area (Å²) in [5.41, 5.74) is -1.98. The van der Waals surface area contributed by atoms with E-state index in [4.69, 9.17) is 0 Å². The number of aliphatic hydroxyl groups excluding tert-OH is 1. The van der Waals surface area contributed by atoms with E-state index < -0.39 is 28.5 Å². The smallest absolute Gasteiger partial charge is 0.391 e. The molecule has 0 spiro atoms. The molecule has 0 aromatic heterocycles.